The highest BCUT2D eigenvalue weighted by Crippen LogP contribution is 2.29. The Kier molecular flexibility index (Phi) is 4.88. The van der Waals surface area contributed by atoms with Crippen molar-refractivity contribution in [2.24, 2.45) is 11.8 Å². The lowest BCUT2D eigenvalue weighted by Crippen LogP contribution is -2.38. The number of methoxy groups -OCH3 is 2. The summed E-state index contributed by atoms with van der Waals surface area (Å²) in [6, 6.07) is 0. The third kappa shape index (κ3) is 2.88. The second-order valence-electron chi connectivity index (χ2n) is 4.15. The van der Waals surface area contributed by atoms with Crippen LogP contribution in [0.15, 0.2) is 11.8 Å². The van der Waals surface area contributed by atoms with E-state index in [1.165, 1.54) is 14.2 Å². The molecule has 1 unspecified atom stereocenters. The molecule has 0 bridgehead atoms. The van der Waals surface area contributed by atoms with E-state index in [1.54, 1.807) is 6.20 Å². The molecule has 0 aliphatic carbocycles. The molecule has 1 atom stereocenters. The number of allylic oxidation sites excluding steroid dienone is 1. The quantitative estimate of drug-likeness (QED) is 0.399. The smallest absolute Gasteiger partial charge is 0.320 e. The molecule has 6 nitrogen and oxygen atoms in total. The third-order valence-corrected chi connectivity index (χ3v) is 3.04. The third-order valence-electron chi connectivity index (χ3n) is 3.04. The van der Waals surface area contributed by atoms with Crippen LogP contribution in [0.5, 0.6) is 0 Å². The fraction of sp³-hybridized carbons (Fsp3) is 0.583. The number of carbonyl (C=O) groups excluding carboxylic acids is 3. The summed E-state index contributed by atoms with van der Waals surface area (Å²) in [4.78, 5) is 36.2. The molecule has 18 heavy (non-hydrogen) atoms. The topological polar surface area (TPSA) is 72.9 Å². The van der Waals surface area contributed by atoms with E-state index >= 15 is 0 Å². The molecule has 0 radical (unpaired) electrons. The van der Waals surface area contributed by atoms with Crippen molar-refractivity contribution in [2.45, 2.75) is 6.42 Å². The van der Waals surface area contributed by atoms with Gasteiger partial charge in [-0.05, 0) is 6.42 Å². The summed E-state index contributed by atoms with van der Waals surface area (Å²) in [7, 11) is 4.24. The van der Waals surface area contributed by atoms with Crippen LogP contribution in [0.1, 0.15) is 6.42 Å². The van der Waals surface area contributed by atoms with E-state index in [0.717, 1.165) is 0 Å². The number of hydrogen-bond donors (Lipinski definition) is 0. The molecule has 1 heterocycles. The number of esters is 2. The monoisotopic (exact) mass is 255 g/mol. The molecule has 100 valence electrons. The second-order valence-corrected chi connectivity index (χ2v) is 4.15. The van der Waals surface area contributed by atoms with E-state index in [9.17, 15) is 14.4 Å². The average molecular weight is 255 g/mol. The van der Waals surface area contributed by atoms with Crippen LogP contribution >= 0.6 is 0 Å². The Morgan fingerprint density at radius 2 is 1.94 bits per heavy atom. The molecule has 1 aliphatic heterocycles. The molecule has 1 rings (SSSR count). The highest BCUT2D eigenvalue weighted by atomic mass is 16.5. The highest BCUT2D eigenvalue weighted by molar-refractivity contribution is 5.96. The van der Waals surface area contributed by atoms with Crippen LogP contribution in [0.3, 0.4) is 0 Å². The van der Waals surface area contributed by atoms with Crippen LogP contribution in [0.25, 0.3) is 0 Å². The van der Waals surface area contributed by atoms with Gasteiger partial charge in [0.2, 0.25) is 0 Å². The van der Waals surface area contributed by atoms with Gasteiger partial charge in [-0.1, -0.05) is 0 Å². The van der Waals surface area contributed by atoms with Crippen molar-refractivity contribution in [3.8, 4) is 0 Å². The zero-order chi connectivity index (χ0) is 13.7. The highest BCUT2D eigenvalue weighted by Gasteiger charge is 2.40. The Morgan fingerprint density at radius 1 is 1.39 bits per heavy atom. The lowest BCUT2D eigenvalue weighted by molar-refractivity contribution is -0.161. The maximum atomic E-state index is 11.7. The summed E-state index contributed by atoms with van der Waals surface area (Å²) in [5.74, 6) is -2.92. The van der Waals surface area contributed by atoms with E-state index in [1.807, 2.05) is 11.9 Å². The minimum atomic E-state index is -1.08. The van der Waals surface area contributed by atoms with Gasteiger partial charge >= 0.3 is 11.9 Å². The Balaban J connectivity index is 3.05. The van der Waals surface area contributed by atoms with Gasteiger partial charge in [0.15, 0.2) is 5.92 Å². The van der Waals surface area contributed by atoms with Crippen molar-refractivity contribution in [3.63, 3.8) is 0 Å². The number of ether oxygens (including phenoxy) is 2. The van der Waals surface area contributed by atoms with Crippen molar-refractivity contribution in [1.29, 1.82) is 0 Å². The van der Waals surface area contributed by atoms with Crippen molar-refractivity contribution in [1.82, 2.24) is 4.90 Å². The zero-order valence-electron chi connectivity index (χ0n) is 10.7. The molecule has 0 N–H and O–H groups in total. The summed E-state index contributed by atoms with van der Waals surface area (Å²) in [5.41, 5.74) is 0.407. The first-order valence-electron chi connectivity index (χ1n) is 5.58. The number of aldehydes is 1. The molecular weight excluding hydrogens is 238 g/mol. The SMILES string of the molecule is COC(=O)C(C(=O)OC)C1CCN(C)C=C1C=O. The number of nitrogens with zero attached hydrogens (tertiary/aromatic N) is 1. The van der Waals surface area contributed by atoms with E-state index in [-0.39, 0.29) is 0 Å². The first-order valence-corrected chi connectivity index (χ1v) is 5.58. The van der Waals surface area contributed by atoms with Crippen LogP contribution < -0.4 is 0 Å². The van der Waals surface area contributed by atoms with Gasteiger partial charge < -0.3 is 14.4 Å². The van der Waals surface area contributed by atoms with Crippen molar-refractivity contribution < 1.29 is 23.9 Å². The first-order chi connectivity index (χ1) is 8.54. The van der Waals surface area contributed by atoms with Crippen molar-refractivity contribution >= 4 is 18.2 Å². The van der Waals surface area contributed by atoms with Crippen molar-refractivity contribution in [2.75, 3.05) is 27.8 Å². The zero-order valence-corrected chi connectivity index (χ0v) is 10.7. The van der Waals surface area contributed by atoms with E-state index < -0.39 is 23.8 Å². The Hall–Kier alpha value is -1.85. The van der Waals surface area contributed by atoms with Gasteiger partial charge in [-0.3, -0.25) is 14.4 Å². The van der Waals surface area contributed by atoms with E-state index in [2.05, 4.69) is 9.47 Å². The van der Waals surface area contributed by atoms with Gasteiger partial charge in [0, 0.05) is 31.3 Å². The summed E-state index contributed by atoms with van der Waals surface area (Å²) in [6.07, 6.45) is 2.83. The summed E-state index contributed by atoms with van der Waals surface area (Å²) >= 11 is 0. The average Bonchev–Trinajstić information content (AvgIpc) is 2.39. The number of rotatable bonds is 4. The fourth-order valence-electron chi connectivity index (χ4n) is 2.08. The molecule has 0 spiro atoms. The summed E-state index contributed by atoms with van der Waals surface area (Å²) < 4.78 is 9.22. The maximum absolute atomic E-state index is 11.7. The van der Waals surface area contributed by atoms with Crippen molar-refractivity contribution in [3.05, 3.63) is 11.8 Å². The van der Waals surface area contributed by atoms with E-state index in [4.69, 9.17) is 0 Å². The maximum Gasteiger partial charge on any atom is 0.320 e. The van der Waals surface area contributed by atoms with Gasteiger partial charge in [0.05, 0.1) is 14.2 Å². The van der Waals surface area contributed by atoms with Gasteiger partial charge in [-0.15, -0.1) is 0 Å². The largest absolute Gasteiger partial charge is 0.468 e. The molecule has 0 amide bonds. The standard InChI is InChI=1S/C12H17NO5/c1-13-5-4-9(8(6-13)7-14)10(11(15)17-2)12(16)18-3/h6-7,9-10H,4-5H2,1-3H3. The second kappa shape index (κ2) is 6.18. The molecule has 1 aliphatic rings. The Labute approximate surface area is 106 Å². The molecule has 0 aromatic rings. The summed E-state index contributed by atoms with van der Waals surface area (Å²) in [6.45, 7) is 0.659. The normalized spacial score (nSPS) is 19.2. The minimum Gasteiger partial charge on any atom is -0.468 e. The van der Waals surface area contributed by atoms with Gasteiger partial charge in [0.1, 0.15) is 6.29 Å². The lowest BCUT2D eigenvalue weighted by Gasteiger charge is -2.30. The Bertz CT molecular complexity index is 361. The minimum absolute atomic E-state index is 0.407. The van der Waals surface area contributed by atoms with Crippen LogP contribution in [0.4, 0.5) is 0 Å². The first kappa shape index (κ1) is 14.2. The molecular formula is C12H17NO5. The molecule has 0 saturated carbocycles. The molecule has 0 saturated heterocycles. The van der Waals surface area contributed by atoms with Crippen LogP contribution in [-0.2, 0) is 23.9 Å². The molecule has 6 heteroatoms. The van der Waals surface area contributed by atoms with Crippen LogP contribution in [-0.4, -0.2) is 50.9 Å². The lowest BCUT2D eigenvalue weighted by atomic mass is 9.82. The predicted octanol–water partition coefficient (Wildman–Crippen LogP) is -0.0169. The number of carbonyl (C=O) groups is 3. The predicted molar refractivity (Wildman–Crippen MR) is 62.4 cm³/mol. The van der Waals surface area contributed by atoms with Gasteiger partial charge in [-0.25, -0.2) is 0 Å². The Morgan fingerprint density at radius 3 is 2.39 bits per heavy atom. The van der Waals surface area contributed by atoms with E-state index in [0.29, 0.717) is 24.8 Å². The molecule has 0 aromatic carbocycles. The molecule has 0 aromatic heterocycles. The van der Waals surface area contributed by atoms with Crippen LogP contribution in [0, 0.1) is 11.8 Å². The summed E-state index contributed by atoms with van der Waals surface area (Å²) in [5, 5.41) is 0. The van der Waals surface area contributed by atoms with Crippen LogP contribution in [0.2, 0.25) is 0 Å². The van der Waals surface area contributed by atoms with Gasteiger partial charge in [0.25, 0.3) is 0 Å². The van der Waals surface area contributed by atoms with Gasteiger partial charge in [-0.2, -0.15) is 0 Å². The fourth-order valence-corrected chi connectivity index (χ4v) is 2.08. The molecule has 0 fully saturated rings. The number of hydrogen-bond acceptors (Lipinski definition) is 6.